The molecule has 3 rings (SSSR count). The molecule has 1 aliphatic heterocycles. The predicted octanol–water partition coefficient (Wildman–Crippen LogP) is 4.48. The minimum atomic E-state index is -0.303. The second-order valence-corrected chi connectivity index (χ2v) is 6.76. The highest BCUT2D eigenvalue weighted by Crippen LogP contribution is 2.31. The van der Waals surface area contributed by atoms with Gasteiger partial charge in [-0.2, -0.15) is 0 Å². The van der Waals surface area contributed by atoms with Gasteiger partial charge in [0.25, 0.3) is 0 Å². The summed E-state index contributed by atoms with van der Waals surface area (Å²) < 4.78 is 16.2. The molecule has 1 aliphatic rings. The summed E-state index contributed by atoms with van der Waals surface area (Å²) in [4.78, 5) is 14.1. The number of amides is 1. The van der Waals surface area contributed by atoms with Crippen molar-refractivity contribution < 1.29 is 19.0 Å². The maximum atomic E-state index is 12.3. The lowest BCUT2D eigenvalue weighted by molar-refractivity contribution is 0.129. The van der Waals surface area contributed by atoms with Crippen LogP contribution in [0, 0.1) is 0 Å². The summed E-state index contributed by atoms with van der Waals surface area (Å²) >= 11 is 6.04. The Balaban J connectivity index is 1.70. The van der Waals surface area contributed by atoms with Gasteiger partial charge in [-0.3, -0.25) is 0 Å². The smallest absolute Gasteiger partial charge is 0.410 e. The molecule has 2 unspecified atom stereocenters. The van der Waals surface area contributed by atoms with Gasteiger partial charge in [0.2, 0.25) is 0 Å². The van der Waals surface area contributed by atoms with Crippen molar-refractivity contribution in [1.29, 1.82) is 0 Å². The van der Waals surface area contributed by atoms with E-state index in [0.717, 1.165) is 11.1 Å². The highest BCUT2D eigenvalue weighted by Gasteiger charge is 2.35. The second kappa shape index (κ2) is 7.87. The van der Waals surface area contributed by atoms with Gasteiger partial charge >= 0.3 is 6.09 Å². The molecule has 0 aromatic heterocycles. The number of methoxy groups -OCH3 is 2. The third-order valence-corrected chi connectivity index (χ3v) is 4.81. The molecule has 26 heavy (non-hydrogen) atoms. The van der Waals surface area contributed by atoms with Gasteiger partial charge in [0, 0.05) is 11.1 Å². The van der Waals surface area contributed by atoms with E-state index in [-0.39, 0.29) is 18.2 Å². The normalized spacial score (nSPS) is 17.8. The van der Waals surface area contributed by atoms with Gasteiger partial charge in [0.1, 0.15) is 6.10 Å². The fourth-order valence-corrected chi connectivity index (χ4v) is 3.38. The molecule has 0 N–H and O–H groups in total. The van der Waals surface area contributed by atoms with E-state index in [1.807, 2.05) is 43.3 Å². The first-order valence-corrected chi connectivity index (χ1v) is 8.83. The molecule has 2 aromatic rings. The number of rotatable bonds is 6. The SMILES string of the molecule is COc1ccc(CC(C)N2CC(c3cccc(Cl)c3)OC2=O)cc1OC. The van der Waals surface area contributed by atoms with E-state index < -0.39 is 0 Å². The molecule has 0 radical (unpaired) electrons. The van der Waals surface area contributed by atoms with Gasteiger partial charge in [0.15, 0.2) is 11.5 Å². The first kappa shape index (κ1) is 18.4. The summed E-state index contributed by atoms with van der Waals surface area (Å²) in [7, 11) is 3.22. The van der Waals surface area contributed by atoms with E-state index in [4.69, 9.17) is 25.8 Å². The first-order valence-electron chi connectivity index (χ1n) is 8.45. The average Bonchev–Trinajstić information content (AvgIpc) is 3.03. The standard InChI is InChI=1S/C20H22ClNO4/c1-13(9-14-7-8-17(24-2)18(10-14)25-3)22-12-19(26-20(22)23)15-5-4-6-16(21)11-15/h4-8,10-11,13,19H,9,12H2,1-3H3. The van der Waals surface area contributed by atoms with Gasteiger partial charge in [-0.25, -0.2) is 4.79 Å². The van der Waals surface area contributed by atoms with Crippen molar-refractivity contribution in [2.45, 2.75) is 25.5 Å². The minimum absolute atomic E-state index is 0.00946. The summed E-state index contributed by atoms with van der Waals surface area (Å²) in [6.45, 7) is 2.52. The Bertz CT molecular complexity index is 795. The van der Waals surface area contributed by atoms with E-state index in [2.05, 4.69) is 0 Å². The topological polar surface area (TPSA) is 48.0 Å². The van der Waals surface area contributed by atoms with Crippen molar-refractivity contribution in [2.75, 3.05) is 20.8 Å². The summed E-state index contributed by atoms with van der Waals surface area (Å²) in [6.07, 6.45) is 0.0922. The third-order valence-electron chi connectivity index (χ3n) is 4.57. The fraction of sp³-hybridized carbons (Fsp3) is 0.350. The number of benzene rings is 2. The Hall–Kier alpha value is -2.40. The average molecular weight is 376 g/mol. The van der Waals surface area contributed by atoms with Gasteiger partial charge in [-0.15, -0.1) is 0 Å². The molecule has 1 amide bonds. The summed E-state index contributed by atoms with van der Waals surface area (Å²) in [5.74, 6) is 1.36. The van der Waals surface area contributed by atoms with E-state index in [1.165, 1.54) is 0 Å². The molecule has 5 nitrogen and oxygen atoms in total. The van der Waals surface area contributed by atoms with Gasteiger partial charge in [-0.05, 0) is 48.7 Å². The molecule has 138 valence electrons. The molecule has 1 saturated heterocycles. The molecular formula is C20H22ClNO4. The van der Waals surface area contributed by atoms with Crippen LogP contribution in [-0.4, -0.2) is 37.8 Å². The first-order chi connectivity index (χ1) is 12.5. The molecule has 1 fully saturated rings. The molecule has 0 spiro atoms. The van der Waals surface area contributed by atoms with Crippen LogP contribution in [0.5, 0.6) is 11.5 Å². The number of hydrogen-bond acceptors (Lipinski definition) is 4. The van der Waals surface area contributed by atoms with E-state index in [0.29, 0.717) is 29.5 Å². The van der Waals surface area contributed by atoms with Crippen LogP contribution in [0.3, 0.4) is 0 Å². The second-order valence-electron chi connectivity index (χ2n) is 6.32. The summed E-state index contributed by atoms with van der Waals surface area (Å²) in [5.41, 5.74) is 1.97. The lowest BCUT2D eigenvalue weighted by atomic mass is 10.0. The van der Waals surface area contributed by atoms with Crippen molar-refractivity contribution in [3.8, 4) is 11.5 Å². The van der Waals surface area contributed by atoms with Crippen molar-refractivity contribution in [2.24, 2.45) is 0 Å². The lowest BCUT2D eigenvalue weighted by Gasteiger charge is -2.22. The molecule has 0 saturated carbocycles. The van der Waals surface area contributed by atoms with Crippen LogP contribution in [0.2, 0.25) is 5.02 Å². The fourth-order valence-electron chi connectivity index (χ4n) is 3.18. The highest BCUT2D eigenvalue weighted by molar-refractivity contribution is 6.30. The van der Waals surface area contributed by atoms with Gasteiger partial charge in [-0.1, -0.05) is 29.8 Å². The minimum Gasteiger partial charge on any atom is -0.493 e. The van der Waals surface area contributed by atoms with Crippen molar-refractivity contribution in [3.05, 3.63) is 58.6 Å². The largest absolute Gasteiger partial charge is 0.493 e. The Labute approximate surface area is 158 Å². The molecule has 2 aromatic carbocycles. The lowest BCUT2D eigenvalue weighted by Crippen LogP contribution is -2.35. The number of carbonyl (C=O) groups excluding carboxylic acids is 1. The van der Waals surface area contributed by atoms with Crippen LogP contribution in [0.4, 0.5) is 4.79 Å². The van der Waals surface area contributed by atoms with Crippen LogP contribution < -0.4 is 9.47 Å². The number of nitrogens with zero attached hydrogens (tertiary/aromatic N) is 1. The third kappa shape index (κ3) is 3.88. The molecule has 6 heteroatoms. The Kier molecular flexibility index (Phi) is 5.57. The molecule has 2 atom stereocenters. The predicted molar refractivity (Wildman–Crippen MR) is 100 cm³/mol. The van der Waals surface area contributed by atoms with Crippen molar-refractivity contribution >= 4 is 17.7 Å². The number of hydrogen-bond donors (Lipinski definition) is 0. The zero-order valence-corrected chi connectivity index (χ0v) is 15.8. The molecule has 0 aliphatic carbocycles. The molecule has 0 bridgehead atoms. The van der Waals surface area contributed by atoms with Gasteiger partial charge < -0.3 is 19.1 Å². The summed E-state index contributed by atoms with van der Waals surface area (Å²) in [6, 6.07) is 13.2. The number of halogens is 1. The van der Waals surface area contributed by atoms with Crippen molar-refractivity contribution in [3.63, 3.8) is 0 Å². The highest BCUT2D eigenvalue weighted by atomic mass is 35.5. The zero-order valence-electron chi connectivity index (χ0n) is 15.1. The Morgan fingerprint density at radius 2 is 1.96 bits per heavy atom. The number of carbonyl (C=O) groups is 1. The maximum Gasteiger partial charge on any atom is 0.410 e. The van der Waals surface area contributed by atoms with Crippen molar-refractivity contribution in [1.82, 2.24) is 4.90 Å². The van der Waals surface area contributed by atoms with Crippen LogP contribution in [0.25, 0.3) is 0 Å². The molecule has 1 heterocycles. The molecular weight excluding hydrogens is 354 g/mol. The number of cyclic esters (lactones) is 1. The zero-order chi connectivity index (χ0) is 18.7. The van der Waals surface area contributed by atoms with E-state index >= 15 is 0 Å². The van der Waals surface area contributed by atoms with Crippen LogP contribution in [-0.2, 0) is 11.2 Å². The number of ether oxygens (including phenoxy) is 3. The summed E-state index contributed by atoms with van der Waals surface area (Å²) in [5, 5.41) is 0.635. The monoisotopic (exact) mass is 375 g/mol. The van der Waals surface area contributed by atoms with Crippen LogP contribution in [0.15, 0.2) is 42.5 Å². The Morgan fingerprint density at radius 3 is 2.65 bits per heavy atom. The van der Waals surface area contributed by atoms with E-state index in [9.17, 15) is 4.79 Å². The van der Waals surface area contributed by atoms with Crippen LogP contribution in [0.1, 0.15) is 24.2 Å². The quantitative estimate of drug-likeness (QED) is 0.746. The maximum absolute atomic E-state index is 12.3. The van der Waals surface area contributed by atoms with E-state index in [1.54, 1.807) is 25.2 Å². The van der Waals surface area contributed by atoms with Gasteiger partial charge in [0.05, 0.1) is 20.8 Å². The van der Waals surface area contributed by atoms with Crippen LogP contribution >= 0.6 is 11.6 Å². The Morgan fingerprint density at radius 1 is 1.19 bits per heavy atom.